The molecule has 1 fully saturated rings. The molecular weight excluding hydrogens is 361 g/mol. The molecule has 0 aliphatic carbocycles. The fraction of sp³-hybridized carbons (Fsp3) is 0.778. The molecule has 1 aromatic heterocycles. The number of aryl methyl sites for hydroxylation is 1. The second-order valence-electron chi connectivity index (χ2n) is 7.59. The molecule has 1 N–H and O–H groups in total. The molecule has 1 saturated heterocycles. The lowest BCUT2D eigenvalue weighted by Crippen LogP contribution is -2.47. The number of nitrogens with one attached hydrogen (secondary N) is 1. The average Bonchev–Trinajstić information content (AvgIpc) is 3.27. The Kier molecular flexibility index (Phi) is 6.10. The van der Waals surface area contributed by atoms with Crippen molar-refractivity contribution < 1.29 is 22.7 Å². The van der Waals surface area contributed by atoms with Gasteiger partial charge in [-0.25, -0.2) is 4.98 Å². The number of halogens is 3. The quantitative estimate of drug-likeness (QED) is 0.811. The van der Waals surface area contributed by atoms with E-state index >= 15 is 0 Å². The van der Waals surface area contributed by atoms with Gasteiger partial charge < -0.3 is 14.6 Å². The fourth-order valence-corrected chi connectivity index (χ4v) is 3.73. The number of rotatable bonds is 6. The fourth-order valence-electron chi connectivity index (χ4n) is 3.73. The molecule has 0 aromatic carbocycles. The van der Waals surface area contributed by atoms with E-state index < -0.39 is 11.9 Å². The van der Waals surface area contributed by atoms with Crippen LogP contribution in [-0.4, -0.2) is 59.2 Å². The van der Waals surface area contributed by atoms with Crippen LogP contribution in [0.4, 0.5) is 13.2 Å². The maximum atomic E-state index is 12.8. The molecule has 3 atom stereocenters. The maximum absolute atomic E-state index is 12.8. The first-order valence-electron chi connectivity index (χ1n) is 9.47. The number of aromatic nitrogens is 2. The van der Waals surface area contributed by atoms with Crippen molar-refractivity contribution in [2.24, 2.45) is 5.92 Å². The Morgan fingerprint density at radius 1 is 1.48 bits per heavy atom. The molecule has 152 valence electrons. The predicted octanol–water partition coefficient (Wildman–Crippen LogP) is 2.08. The van der Waals surface area contributed by atoms with E-state index in [-0.39, 0.29) is 24.0 Å². The van der Waals surface area contributed by atoms with Crippen LogP contribution in [0.2, 0.25) is 0 Å². The number of hydrogen-bond donors (Lipinski definition) is 1. The zero-order valence-electron chi connectivity index (χ0n) is 15.8. The third-order valence-electron chi connectivity index (χ3n) is 5.50. The highest BCUT2D eigenvalue weighted by Gasteiger charge is 2.36. The Balaban J connectivity index is 1.49. The molecule has 3 heterocycles. The van der Waals surface area contributed by atoms with Crippen molar-refractivity contribution >= 4 is 5.91 Å². The lowest BCUT2D eigenvalue weighted by molar-refractivity contribution is -0.141. The number of likely N-dealkylation sites (N-methyl/N-ethyl adjacent to an activating group) is 1. The smallest absolute Gasteiger partial charge is 0.376 e. The van der Waals surface area contributed by atoms with Crippen LogP contribution in [0.15, 0.2) is 6.20 Å². The number of ether oxygens (including phenoxy) is 1. The van der Waals surface area contributed by atoms with E-state index in [4.69, 9.17) is 4.74 Å². The van der Waals surface area contributed by atoms with E-state index in [1.165, 1.54) is 0 Å². The molecule has 2 aliphatic rings. The molecule has 0 unspecified atom stereocenters. The van der Waals surface area contributed by atoms with Gasteiger partial charge in [-0.2, -0.15) is 13.2 Å². The second kappa shape index (κ2) is 8.18. The molecule has 0 bridgehead atoms. The highest BCUT2D eigenvalue weighted by molar-refractivity contribution is 5.81. The number of imidazole rings is 1. The van der Waals surface area contributed by atoms with Gasteiger partial charge >= 0.3 is 6.18 Å². The van der Waals surface area contributed by atoms with Crippen molar-refractivity contribution in [1.82, 2.24) is 19.8 Å². The number of hydrogen-bond acceptors (Lipinski definition) is 4. The van der Waals surface area contributed by atoms with Crippen LogP contribution in [-0.2, 0) is 28.7 Å². The first-order chi connectivity index (χ1) is 12.7. The van der Waals surface area contributed by atoms with Gasteiger partial charge in [-0.1, -0.05) is 0 Å². The van der Waals surface area contributed by atoms with Crippen molar-refractivity contribution in [1.29, 1.82) is 0 Å². The summed E-state index contributed by atoms with van der Waals surface area (Å²) in [5, 5.41) is 2.93. The molecule has 1 amide bonds. The first-order valence-corrected chi connectivity index (χ1v) is 9.47. The van der Waals surface area contributed by atoms with E-state index in [2.05, 4.69) is 10.3 Å². The van der Waals surface area contributed by atoms with Gasteiger partial charge in [0.1, 0.15) is 5.82 Å². The summed E-state index contributed by atoms with van der Waals surface area (Å²) >= 11 is 0. The molecule has 9 heteroatoms. The van der Waals surface area contributed by atoms with Crippen molar-refractivity contribution in [2.75, 3.05) is 26.7 Å². The zero-order valence-corrected chi connectivity index (χ0v) is 15.8. The Hall–Kier alpha value is -1.61. The Morgan fingerprint density at radius 2 is 2.26 bits per heavy atom. The largest absolute Gasteiger partial charge is 0.434 e. The summed E-state index contributed by atoms with van der Waals surface area (Å²) in [4.78, 5) is 18.0. The summed E-state index contributed by atoms with van der Waals surface area (Å²) in [7, 11) is 1.88. The van der Waals surface area contributed by atoms with E-state index in [1.807, 2.05) is 18.9 Å². The standard InChI is InChI=1S/C18H27F3N4O2/c1-12(17(26)22-8-14-4-3-7-27-14)24(2)9-13-5-6-16-23-15(18(19,20)21)11-25(16)10-13/h11-14H,3-10H2,1-2H3,(H,22,26)/t12-,13-,14+/m1/s1. The summed E-state index contributed by atoms with van der Waals surface area (Å²) in [6.07, 6.45) is 0.0824. The molecular formula is C18H27F3N4O2. The van der Waals surface area contributed by atoms with Gasteiger partial charge in [0, 0.05) is 38.9 Å². The van der Waals surface area contributed by atoms with E-state index in [0.717, 1.165) is 32.1 Å². The third kappa shape index (κ3) is 5.01. The van der Waals surface area contributed by atoms with Crippen LogP contribution >= 0.6 is 0 Å². The molecule has 1 aromatic rings. The van der Waals surface area contributed by atoms with Crippen molar-refractivity contribution in [2.45, 2.75) is 57.5 Å². The number of carbonyl (C=O) groups is 1. The van der Waals surface area contributed by atoms with Gasteiger partial charge in [-0.15, -0.1) is 0 Å². The normalized spacial score (nSPS) is 24.1. The number of fused-ring (bicyclic) bond motifs is 1. The minimum Gasteiger partial charge on any atom is -0.376 e. The molecule has 0 spiro atoms. The molecule has 2 aliphatic heterocycles. The lowest BCUT2D eigenvalue weighted by Gasteiger charge is -2.31. The summed E-state index contributed by atoms with van der Waals surface area (Å²) < 4.78 is 45.6. The highest BCUT2D eigenvalue weighted by atomic mass is 19.4. The topological polar surface area (TPSA) is 59.4 Å². The van der Waals surface area contributed by atoms with Gasteiger partial charge in [0.2, 0.25) is 5.91 Å². The maximum Gasteiger partial charge on any atom is 0.434 e. The van der Waals surface area contributed by atoms with Crippen LogP contribution in [0.1, 0.15) is 37.7 Å². The van der Waals surface area contributed by atoms with Crippen LogP contribution in [0, 0.1) is 5.92 Å². The molecule has 27 heavy (non-hydrogen) atoms. The zero-order chi connectivity index (χ0) is 19.6. The third-order valence-corrected chi connectivity index (χ3v) is 5.50. The number of carbonyl (C=O) groups excluding carboxylic acids is 1. The Morgan fingerprint density at radius 3 is 2.93 bits per heavy atom. The van der Waals surface area contributed by atoms with Crippen molar-refractivity contribution in [3.8, 4) is 0 Å². The number of alkyl halides is 3. The van der Waals surface area contributed by atoms with Crippen LogP contribution in [0.25, 0.3) is 0 Å². The monoisotopic (exact) mass is 388 g/mol. The molecule has 3 rings (SSSR count). The van der Waals surface area contributed by atoms with Crippen molar-refractivity contribution in [3.05, 3.63) is 17.7 Å². The van der Waals surface area contributed by atoms with Gasteiger partial charge in [-0.05, 0) is 39.2 Å². The van der Waals surface area contributed by atoms with Gasteiger partial charge in [-0.3, -0.25) is 9.69 Å². The number of amides is 1. The van der Waals surface area contributed by atoms with Gasteiger partial charge in [0.25, 0.3) is 0 Å². The summed E-state index contributed by atoms with van der Waals surface area (Å²) in [5.41, 5.74) is -0.826. The van der Waals surface area contributed by atoms with Crippen LogP contribution in [0.3, 0.4) is 0 Å². The van der Waals surface area contributed by atoms with Crippen molar-refractivity contribution in [3.63, 3.8) is 0 Å². The Bertz CT molecular complexity index is 656. The summed E-state index contributed by atoms with van der Waals surface area (Å²) in [6.45, 7) is 4.27. The first kappa shape index (κ1) is 20.1. The van der Waals surface area contributed by atoms with E-state index in [0.29, 0.717) is 31.9 Å². The lowest BCUT2D eigenvalue weighted by atomic mass is 9.98. The minimum absolute atomic E-state index is 0.0495. The molecule has 6 nitrogen and oxygen atoms in total. The Labute approximate surface area is 157 Å². The predicted molar refractivity (Wildman–Crippen MR) is 93.1 cm³/mol. The second-order valence-corrected chi connectivity index (χ2v) is 7.59. The van der Waals surface area contributed by atoms with Crippen LogP contribution in [0.5, 0.6) is 0 Å². The number of nitrogens with zero attached hydrogens (tertiary/aromatic N) is 3. The van der Waals surface area contributed by atoms with Gasteiger partial charge in [0.05, 0.1) is 12.1 Å². The summed E-state index contributed by atoms with van der Waals surface area (Å²) in [5.74, 6) is 0.626. The van der Waals surface area contributed by atoms with Crippen LogP contribution < -0.4 is 5.32 Å². The SMILES string of the molecule is C[C@H](C(=O)NC[C@@H]1CCCO1)N(C)C[C@H]1CCc2nc(C(F)(F)F)cn2C1. The molecule has 0 radical (unpaired) electrons. The molecule has 0 saturated carbocycles. The highest BCUT2D eigenvalue weighted by Crippen LogP contribution is 2.30. The van der Waals surface area contributed by atoms with E-state index in [9.17, 15) is 18.0 Å². The minimum atomic E-state index is -4.41. The van der Waals surface area contributed by atoms with Gasteiger partial charge in [0.15, 0.2) is 5.69 Å². The average molecular weight is 388 g/mol. The van der Waals surface area contributed by atoms with E-state index in [1.54, 1.807) is 4.57 Å². The summed E-state index contributed by atoms with van der Waals surface area (Å²) in [6, 6.07) is -0.304.